The number of hydrogen-bond acceptors (Lipinski definition) is 5. The van der Waals surface area contributed by atoms with Gasteiger partial charge in [0.15, 0.2) is 5.82 Å². The van der Waals surface area contributed by atoms with Crippen LogP contribution < -0.4 is 5.73 Å². The van der Waals surface area contributed by atoms with E-state index in [2.05, 4.69) is 15.1 Å². The van der Waals surface area contributed by atoms with Gasteiger partial charge < -0.3 is 5.73 Å². The highest BCUT2D eigenvalue weighted by molar-refractivity contribution is 6.29. The van der Waals surface area contributed by atoms with Gasteiger partial charge in [0.25, 0.3) is 0 Å². The van der Waals surface area contributed by atoms with E-state index in [4.69, 9.17) is 22.6 Å². The molecule has 0 amide bonds. The van der Waals surface area contributed by atoms with E-state index in [9.17, 15) is 0 Å². The number of halogens is 1. The molecule has 0 aliphatic rings. The molecule has 0 aromatic carbocycles. The van der Waals surface area contributed by atoms with E-state index >= 15 is 0 Å². The highest BCUT2D eigenvalue weighted by atomic mass is 35.5. The zero-order chi connectivity index (χ0) is 10.8. The monoisotopic (exact) mass is 220 g/mol. The molecule has 2 N–H and O–H groups in total. The second kappa shape index (κ2) is 3.55. The molecule has 0 bridgehead atoms. The Bertz CT molecular complexity index is 540. The van der Waals surface area contributed by atoms with Gasteiger partial charge in [-0.05, 0) is 0 Å². The van der Waals surface area contributed by atoms with Gasteiger partial charge in [0.05, 0.1) is 6.20 Å². The standard InChI is InChI=1S/C8H5ClN6/c9-6-1-7(13-4-12-6)15-8(11)5(2-10)3-14-15/h1,3-4H,11H2. The predicted octanol–water partition coefficient (Wildman–Crippen LogP) is 0.770. The van der Waals surface area contributed by atoms with Crippen LogP contribution in [-0.2, 0) is 0 Å². The molecule has 0 aliphatic heterocycles. The fourth-order valence-electron chi connectivity index (χ4n) is 1.07. The molecule has 0 saturated carbocycles. The molecule has 2 aromatic rings. The number of aromatic nitrogens is 4. The van der Waals surface area contributed by atoms with Crippen molar-refractivity contribution < 1.29 is 0 Å². The fourth-order valence-corrected chi connectivity index (χ4v) is 1.21. The van der Waals surface area contributed by atoms with E-state index in [0.717, 1.165) is 0 Å². The van der Waals surface area contributed by atoms with Gasteiger partial charge in [0.1, 0.15) is 28.9 Å². The third kappa shape index (κ3) is 1.60. The number of anilines is 1. The summed E-state index contributed by atoms with van der Waals surface area (Å²) in [7, 11) is 0. The van der Waals surface area contributed by atoms with Gasteiger partial charge in [-0.2, -0.15) is 15.0 Å². The molecule has 0 saturated heterocycles. The van der Waals surface area contributed by atoms with E-state index in [1.165, 1.54) is 23.3 Å². The van der Waals surface area contributed by atoms with E-state index in [-0.39, 0.29) is 11.0 Å². The summed E-state index contributed by atoms with van der Waals surface area (Å²) in [6.45, 7) is 0. The molecular weight excluding hydrogens is 216 g/mol. The lowest BCUT2D eigenvalue weighted by Gasteiger charge is -2.01. The van der Waals surface area contributed by atoms with Crippen molar-refractivity contribution in [1.82, 2.24) is 19.7 Å². The zero-order valence-electron chi connectivity index (χ0n) is 7.42. The normalized spacial score (nSPS) is 9.87. The van der Waals surface area contributed by atoms with Crippen molar-refractivity contribution in [3.05, 3.63) is 29.3 Å². The molecule has 7 heteroatoms. The molecule has 0 atom stereocenters. The smallest absolute Gasteiger partial charge is 0.160 e. The Morgan fingerprint density at radius 1 is 1.47 bits per heavy atom. The summed E-state index contributed by atoms with van der Waals surface area (Å²) in [5.41, 5.74) is 5.97. The van der Waals surface area contributed by atoms with Crippen LogP contribution in [0.15, 0.2) is 18.6 Å². The SMILES string of the molecule is N#Cc1cnn(-c2cc(Cl)ncn2)c1N. The quantitative estimate of drug-likeness (QED) is 0.717. The zero-order valence-corrected chi connectivity index (χ0v) is 8.18. The van der Waals surface area contributed by atoms with E-state index < -0.39 is 0 Å². The first-order valence-electron chi connectivity index (χ1n) is 3.94. The van der Waals surface area contributed by atoms with E-state index in [1.54, 1.807) is 0 Å². The van der Waals surface area contributed by atoms with Gasteiger partial charge in [-0.1, -0.05) is 11.6 Å². The van der Waals surface area contributed by atoms with Crippen molar-refractivity contribution in [3.63, 3.8) is 0 Å². The van der Waals surface area contributed by atoms with Gasteiger partial charge in [-0.25, -0.2) is 9.97 Å². The Morgan fingerprint density at radius 2 is 2.27 bits per heavy atom. The second-order valence-electron chi connectivity index (χ2n) is 2.67. The summed E-state index contributed by atoms with van der Waals surface area (Å²) in [6, 6.07) is 3.42. The molecule has 15 heavy (non-hydrogen) atoms. The van der Waals surface area contributed by atoms with Crippen molar-refractivity contribution in [2.75, 3.05) is 5.73 Å². The van der Waals surface area contributed by atoms with Gasteiger partial charge in [0, 0.05) is 6.07 Å². The minimum absolute atomic E-state index is 0.229. The number of nitrogens with zero attached hydrogens (tertiary/aromatic N) is 5. The predicted molar refractivity (Wildman–Crippen MR) is 53.3 cm³/mol. The number of hydrogen-bond donors (Lipinski definition) is 1. The fraction of sp³-hybridized carbons (Fsp3) is 0. The maximum atomic E-state index is 8.69. The molecule has 2 aromatic heterocycles. The first-order chi connectivity index (χ1) is 7.22. The second-order valence-corrected chi connectivity index (χ2v) is 3.05. The Balaban J connectivity index is 2.56. The molecule has 0 radical (unpaired) electrons. The molecule has 0 spiro atoms. The summed E-state index contributed by atoms with van der Waals surface area (Å²) < 4.78 is 1.33. The van der Waals surface area contributed by atoms with Crippen LogP contribution in [0.2, 0.25) is 5.15 Å². The lowest BCUT2D eigenvalue weighted by atomic mass is 10.4. The van der Waals surface area contributed by atoms with Crippen LogP contribution in [-0.4, -0.2) is 19.7 Å². The third-order valence-corrected chi connectivity index (χ3v) is 1.97. The summed E-state index contributed by atoms with van der Waals surface area (Å²) in [4.78, 5) is 7.66. The molecular formula is C8H5ClN6. The Labute approximate surface area is 89.9 Å². The number of nitrogens with two attached hydrogens (primary N) is 1. The third-order valence-electron chi connectivity index (χ3n) is 1.76. The lowest BCUT2D eigenvalue weighted by Crippen LogP contribution is -2.04. The number of nitriles is 1. The largest absolute Gasteiger partial charge is 0.382 e. The topological polar surface area (TPSA) is 93.4 Å². The Morgan fingerprint density at radius 3 is 2.87 bits per heavy atom. The molecule has 74 valence electrons. The lowest BCUT2D eigenvalue weighted by molar-refractivity contribution is 0.849. The minimum Gasteiger partial charge on any atom is -0.382 e. The van der Waals surface area contributed by atoms with Crippen LogP contribution in [0, 0.1) is 11.3 Å². The van der Waals surface area contributed by atoms with Gasteiger partial charge in [-0.15, -0.1) is 0 Å². The summed E-state index contributed by atoms with van der Waals surface area (Å²) in [5, 5.41) is 12.9. The van der Waals surface area contributed by atoms with Crippen molar-refractivity contribution in [1.29, 1.82) is 5.26 Å². The van der Waals surface area contributed by atoms with Crippen molar-refractivity contribution in [2.24, 2.45) is 0 Å². The summed E-state index contributed by atoms with van der Waals surface area (Å²) in [5.74, 6) is 0.654. The summed E-state index contributed by atoms with van der Waals surface area (Å²) in [6.07, 6.45) is 2.66. The number of nitrogen functional groups attached to an aromatic ring is 1. The van der Waals surface area contributed by atoms with Crippen molar-refractivity contribution in [2.45, 2.75) is 0 Å². The average molecular weight is 221 g/mol. The van der Waals surface area contributed by atoms with Gasteiger partial charge in [0.2, 0.25) is 0 Å². The van der Waals surface area contributed by atoms with Gasteiger partial charge >= 0.3 is 0 Å². The van der Waals surface area contributed by atoms with Gasteiger partial charge in [-0.3, -0.25) is 0 Å². The number of rotatable bonds is 1. The van der Waals surface area contributed by atoms with Crippen molar-refractivity contribution >= 4 is 17.4 Å². The van der Waals surface area contributed by atoms with Crippen LogP contribution in [0.1, 0.15) is 5.56 Å². The molecule has 0 fully saturated rings. The van der Waals surface area contributed by atoms with E-state index in [0.29, 0.717) is 11.4 Å². The van der Waals surface area contributed by atoms with Crippen molar-refractivity contribution in [3.8, 4) is 11.9 Å². The van der Waals surface area contributed by atoms with Crippen LogP contribution in [0.3, 0.4) is 0 Å². The summed E-state index contributed by atoms with van der Waals surface area (Å²) >= 11 is 5.69. The first kappa shape index (κ1) is 9.43. The average Bonchev–Trinajstić information content (AvgIpc) is 2.59. The van der Waals surface area contributed by atoms with E-state index in [1.807, 2.05) is 6.07 Å². The maximum absolute atomic E-state index is 8.69. The van der Waals surface area contributed by atoms with Crippen LogP contribution >= 0.6 is 11.6 Å². The Kier molecular flexibility index (Phi) is 2.23. The maximum Gasteiger partial charge on any atom is 0.160 e. The first-order valence-corrected chi connectivity index (χ1v) is 4.31. The van der Waals surface area contributed by atoms with Crippen LogP contribution in [0.4, 0.5) is 5.82 Å². The Hall–Kier alpha value is -2.13. The molecule has 0 unspecified atom stereocenters. The molecule has 2 rings (SSSR count). The highest BCUT2D eigenvalue weighted by Gasteiger charge is 2.09. The molecule has 0 aliphatic carbocycles. The van der Waals surface area contributed by atoms with Crippen LogP contribution in [0.25, 0.3) is 5.82 Å². The highest BCUT2D eigenvalue weighted by Crippen LogP contribution is 2.15. The minimum atomic E-state index is 0.229. The molecule has 6 nitrogen and oxygen atoms in total. The van der Waals surface area contributed by atoms with Crippen LogP contribution in [0.5, 0.6) is 0 Å². The molecule has 2 heterocycles.